The standard InChI is InChI=1S/C34H32N2O6/c1-40-32(38)24-36(25-33(39)41-2)30-20-12-13-26(23-30)21-22-31(37)35-42-34(27-14-6-3-7-15-27,28-16-8-4-9-17-28)29-18-10-5-11-19-29/h3-23H,24-25H2,1-2H3,(H,35,37)/b22-21+. The fourth-order valence-corrected chi connectivity index (χ4v) is 4.53. The van der Waals surface area contributed by atoms with Crippen LogP contribution in [0.15, 0.2) is 121 Å². The summed E-state index contributed by atoms with van der Waals surface area (Å²) in [5.41, 5.74) is 5.30. The number of methoxy groups -OCH3 is 2. The van der Waals surface area contributed by atoms with E-state index in [4.69, 9.17) is 14.3 Å². The van der Waals surface area contributed by atoms with E-state index < -0.39 is 23.4 Å². The van der Waals surface area contributed by atoms with Gasteiger partial charge in [-0.3, -0.25) is 19.2 Å². The Balaban J connectivity index is 1.59. The first-order valence-electron chi connectivity index (χ1n) is 13.3. The number of benzene rings is 4. The Kier molecular flexibility index (Phi) is 10.2. The molecule has 0 aromatic heterocycles. The van der Waals surface area contributed by atoms with E-state index in [9.17, 15) is 14.4 Å². The summed E-state index contributed by atoms with van der Waals surface area (Å²) in [6.07, 6.45) is 2.97. The molecule has 4 aromatic carbocycles. The molecule has 0 fully saturated rings. The SMILES string of the molecule is COC(=O)CN(CC(=O)OC)c1cccc(/C=C/C(=O)NOC(c2ccccc2)(c2ccccc2)c2ccccc2)c1. The van der Waals surface area contributed by atoms with Gasteiger partial charge in [0.15, 0.2) is 5.60 Å². The lowest BCUT2D eigenvalue weighted by atomic mass is 9.80. The van der Waals surface area contributed by atoms with Crippen molar-refractivity contribution in [3.05, 3.63) is 144 Å². The van der Waals surface area contributed by atoms with Crippen molar-refractivity contribution in [3.63, 3.8) is 0 Å². The highest BCUT2D eigenvalue weighted by Crippen LogP contribution is 2.39. The third-order valence-corrected chi connectivity index (χ3v) is 6.60. The van der Waals surface area contributed by atoms with Crippen LogP contribution in [-0.4, -0.2) is 45.2 Å². The van der Waals surface area contributed by atoms with Crippen molar-refractivity contribution in [2.75, 3.05) is 32.2 Å². The van der Waals surface area contributed by atoms with Gasteiger partial charge in [0, 0.05) is 11.8 Å². The highest BCUT2D eigenvalue weighted by Gasteiger charge is 2.38. The normalized spacial score (nSPS) is 11.1. The first-order chi connectivity index (χ1) is 20.5. The van der Waals surface area contributed by atoms with Crippen molar-refractivity contribution in [1.82, 2.24) is 5.48 Å². The van der Waals surface area contributed by atoms with Crippen molar-refractivity contribution < 1.29 is 28.7 Å². The van der Waals surface area contributed by atoms with Gasteiger partial charge in [-0.05, 0) is 40.5 Å². The Labute approximate surface area is 245 Å². The van der Waals surface area contributed by atoms with Crippen LogP contribution in [0.5, 0.6) is 0 Å². The molecule has 1 N–H and O–H groups in total. The number of anilines is 1. The predicted octanol–water partition coefficient (Wildman–Crippen LogP) is 4.89. The minimum atomic E-state index is -1.12. The van der Waals surface area contributed by atoms with Crippen LogP contribution in [0.25, 0.3) is 6.08 Å². The number of esters is 2. The van der Waals surface area contributed by atoms with E-state index in [1.807, 2.05) is 91.0 Å². The molecule has 1 amide bonds. The number of carbonyl (C=O) groups excluding carboxylic acids is 3. The number of rotatable bonds is 12. The van der Waals surface area contributed by atoms with Gasteiger partial charge < -0.3 is 14.4 Å². The summed E-state index contributed by atoms with van der Waals surface area (Å²) in [7, 11) is 2.56. The summed E-state index contributed by atoms with van der Waals surface area (Å²) in [5, 5.41) is 0. The molecule has 8 nitrogen and oxygen atoms in total. The second-order valence-corrected chi connectivity index (χ2v) is 9.28. The Morgan fingerprint density at radius 3 is 1.62 bits per heavy atom. The van der Waals surface area contributed by atoms with E-state index in [2.05, 4.69) is 5.48 Å². The molecule has 0 unspecified atom stereocenters. The Hall–Kier alpha value is -5.21. The van der Waals surface area contributed by atoms with Gasteiger partial charge in [-0.2, -0.15) is 0 Å². The average Bonchev–Trinajstić information content (AvgIpc) is 3.05. The van der Waals surface area contributed by atoms with E-state index in [-0.39, 0.29) is 13.1 Å². The Bertz CT molecular complexity index is 1390. The number of hydroxylamine groups is 1. The maximum Gasteiger partial charge on any atom is 0.325 e. The van der Waals surface area contributed by atoms with Gasteiger partial charge >= 0.3 is 11.9 Å². The molecule has 0 spiro atoms. The predicted molar refractivity (Wildman–Crippen MR) is 160 cm³/mol. The second kappa shape index (κ2) is 14.4. The van der Waals surface area contributed by atoms with Gasteiger partial charge in [-0.15, -0.1) is 0 Å². The first-order valence-corrected chi connectivity index (χ1v) is 13.3. The van der Waals surface area contributed by atoms with E-state index >= 15 is 0 Å². The number of carbonyl (C=O) groups is 3. The molecule has 8 heteroatoms. The highest BCUT2D eigenvalue weighted by atomic mass is 16.7. The van der Waals surface area contributed by atoms with Crippen LogP contribution in [0.1, 0.15) is 22.3 Å². The quantitative estimate of drug-likeness (QED) is 0.113. The smallest absolute Gasteiger partial charge is 0.325 e. The second-order valence-electron chi connectivity index (χ2n) is 9.28. The number of amides is 1. The molecular formula is C34H32N2O6. The summed E-state index contributed by atoms with van der Waals surface area (Å²) in [4.78, 5) is 44.8. The van der Waals surface area contributed by atoms with Gasteiger partial charge in [0.25, 0.3) is 5.91 Å². The number of nitrogens with one attached hydrogen (secondary N) is 1. The van der Waals surface area contributed by atoms with Crippen molar-refractivity contribution in [3.8, 4) is 0 Å². The van der Waals surface area contributed by atoms with Gasteiger partial charge in [0.1, 0.15) is 13.1 Å². The number of hydrogen-bond donors (Lipinski definition) is 1. The minimum Gasteiger partial charge on any atom is -0.468 e. The van der Waals surface area contributed by atoms with Crippen LogP contribution in [0.3, 0.4) is 0 Å². The maximum atomic E-state index is 13.1. The summed E-state index contributed by atoms with van der Waals surface area (Å²) in [5.74, 6) is -1.49. The van der Waals surface area contributed by atoms with Crippen LogP contribution < -0.4 is 10.4 Å². The fourth-order valence-electron chi connectivity index (χ4n) is 4.53. The third kappa shape index (κ3) is 7.30. The van der Waals surface area contributed by atoms with Crippen molar-refractivity contribution in [2.45, 2.75) is 5.60 Å². The topological polar surface area (TPSA) is 94.2 Å². The zero-order valence-electron chi connectivity index (χ0n) is 23.4. The summed E-state index contributed by atoms with van der Waals surface area (Å²) in [6, 6.07) is 36.2. The van der Waals surface area contributed by atoms with Crippen LogP contribution in [0, 0.1) is 0 Å². The molecule has 214 valence electrons. The molecule has 0 aliphatic heterocycles. The fraction of sp³-hybridized carbons (Fsp3) is 0.147. The number of ether oxygens (including phenoxy) is 2. The summed E-state index contributed by atoms with van der Waals surface area (Å²) in [6.45, 7) is -0.290. The molecule has 0 heterocycles. The molecule has 0 saturated carbocycles. The van der Waals surface area contributed by atoms with Gasteiger partial charge in [0.05, 0.1) is 14.2 Å². The molecule has 0 radical (unpaired) electrons. The molecule has 4 aromatic rings. The summed E-state index contributed by atoms with van der Waals surface area (Å²) >= 11 is 0. The zero-order chi connectivity index (χ0) is 29.8. The summed E-state index contributed by atoms with van der Waals surface area (Å²) < 4.78 is 9.53. The van der Waals surface area contributed by atoms with Crippen LogP contribution >= 0.6 is 0 Å². The highest BCUT2D eigenvalue weighted by molar-refractivity contribution is 5.91. The molecule has 0 saturated heterocycles. The number of hydrogen-bond acceptors (Lipinski definition) is 7. The molecule has 4 rings (SSSR count). The van der Waals surface area contributed by atoms with Crippen LogP contribution in [-0.2, 0) is 34.3 Å². The van der Waals surface area contributed by atoms with E-state index in [0.29, 0.717) is 11.3 Å². The number of nitrogens with zero attached hydrogens (tertiary/aromatic N) is 1. The van der Waals surface area contributed by atoms with E-state index in [1.165, 1.54) is 25.2 Å². The van der Waals surface area contributed by atoms with Crippen molar-refractivity contribution in [1.29, 1.82) is 0 Å². The Morgan fingerprint density at radius 2 is 1.17 bits per heavy atom. The van der Waals surface area contributed by atoms with E-state index in [1.54, 1.807) is 30.3 Å². The third-order valence-electron chi connectivity index (χ3n) is 6.60. The average molecular weight is 565 g/mol. The lowest BCUT2D eigenvalue weighted by Crippen LogP contribution is -2.40. The largest absolute Gasteiger partial charge is 0.468 e. The molecular weight excluding hydrogens is 532 g/mol. The van der Waals surface area contributed by atoms with Gasteiger partial charge in [0.2, 0.25) is 0 Å². The van der Waals surface area contributed by atoms with Crippen LogP contribution in [0.2, 0.25) is 0 Å². The first kappa shape index (κ1) is 29.8. The van der Waals surface area contributed by atoms with Gasteiger partial charge in [-0.25, -0.2) is 5.48 Å². The van der Waals surface area contributed by atoms with Crippen LogP contribution in [0.4, 0.5) is 5.69 Å². The molecule has 0 aliphatic carbocycles. The lowest BCUT2D eigenvalue weighted by molar-refractivity contribution is -0.140. The van der Waals surface area contributed by atoms with E-state index in [0.717, 1.165) is 16.7 Å². The monoisotopic (exact) mass is 564 g/mol. The molecule has 42 heavy (non-hydrogen) atoms. The van der Waals surface area contributed by atoms with Gasteiger partial charge in [-0.1, -0.05) is 103 Å². The molecule has 0 aliphatic rings. The molecule has 0 bridgehead atoms. The molecule has 0 atom stereocenters. The van der Waals surface area contributed by atoms with Crippen molar-refractivity contribution >= 4 is 29.6 Å². The minimum absolute atomic E-state index is 0.145. The maximum absolute atomic E-state index is 13.1. The Morgan fingerprint density at radius 1 is 0.690 bits per heavy atom. The lowest BCUT2D eigenvalue weighted by Gasteiger charge is -2.34. The van der Waals surface area contributed by atoms with Crippen molar-refractivity contribution in [2.24, 2.45) is 0 Å². The zero-order valence-corrected chi connectivity index (χ0v) is 23.4.